The van der Waals surface area contributed by atoms with E-state index in [-0.39, 0.29) is 24.0 Å². The number of ether oxygens (including phenoxy) is 1. The summed E-state index contributed by atoms with van der Waals surface area (Å²) < 4.78 is 57.6. The Kier molecular flexibility index (Phi) is 7.58. The zero-order valence-corrected chi connectivity index (χ0v) is 17.2. The summed E-state index contributed by atoms with van der Waals surface area (Å²) >= 11 is 0. The van der Waals surface area contributed by atoms with E-state index >= 15 is 0 Å². The van der Waals surface area contributed by atoms with Crippen molar-refractivity contribution in [2.24, 2.45) is 0 Å². The van der Waals surface area contributed by atoms with Crippen molar-refractivity contribution in [1.82, 2.24) is 19.9 Å². The van der Waals surface area contributed by atoms with E-state index in [1.165, 1.54) is 17.2 Å². The molecule has 1 aliphatic rings. The van der Waals surface area contributed by atoms with Gasteiger partial charge in [0.1, 0.15) is 12.3 Å². The Morgan fingerprint density at radius 2 is 2.03 bits per heavy atom. The number of rotatable bonds is 12. The number of sulfonamides is 1. The Balaban J connectivity index is 1.71. The van der Waals surface area contributed by atoms with E-state index in [0.717, 1.165) is 6.92 Å². The maximum absolute atomic E-state index is 12.8. The molecule has 0 aliphatic carbocycles. The lowest BCUT2D eigenvalue weighted by molar-refractivity contribution is -0.118. The molecule has 0 radical (unpaired) electrons. The predicted molar refractivity (Wildman–Crippen MR) is 101 cm³/mol. The lowest BCUT2D eigenvalue weighted by atomic mass is 10.2. The Bertz CT molecular complexity index is 822. The van der Waals surface area contributed by atoms with Crippen molar-refractivity contribution < 1.29 is 31.5 Å². The molecule has 1 atom stereocenters. The minimum Gasteiger partial charge on any atom is -0.486 e. The lowest BCUT2D eigenvalue weighted by Gasteiger charge is -2.14. The van der Waals surface area contributed by atoms with E-state index in [4.69, 9.17) is 4.74 Å². The fourth-order valence-corrected chi connectivity index (χ4v) is 4.13. The first-order valence-electron chi connectivity index (χ1n) is 9.23. The summed E-state index contributed by atoms with van der Waals surface area (Å²) in [4.78, 5) is 26.7. The summed E-state index contributed by atoms with van der Waals surface area (Å²) in [5.41, 5.74) is 0.493. The van der Waals surface area contributed by atoms with Crippen LogP contribution in [0.4, 0.5) is 13.6 Å². The molecular weight excluding hydrogens is 410 g/mol. The molecule has 1 aromatic rings. The lowest BCUT2D eigenvalue weighted by Crippen LogP contribution is -2.30. The van der Waals surface area contributed by atoms with Crippen molar-refractivity contribution >= 4 is 22.0 Å². The third-order valence-electron chi connectivity index (χ3n) is 4.20. The summed E-state index contributed by atoms with van der Waals surface area (Å²) in [6.07, 6.45) is 2.96. The molecule has 1 aromatic heterocycles. The van der Waals surface area contributed by atoms with E-state index < -0.39 is 34.6 Å². The van der Waals surface area contributed by atoms with Crippen LogP contribution in [0.5, 0.6) is 5.75 Å². The molecule has 0 spiro atoms. The number of urea groups is 1. The van der Waals surface area contributed by atoms with Crippen molar-refractivity contribution in [2.75, 3.05) is 25.4 Å². The van der Waals surface area contributed by atoms with Crippen molar-refractivity contribution in [1.29, 1.82) is 0 Å². The number of alkyl halides is 2. The first kappa shape index (κ1) is 23.1. The van der Waals surface area contributed by atoms with E-state index in [9.17, 15) is 26.8 Å². The third kappa shape index (κ3) is 7.97. The molecule has 1 saturated heterocycles. The van der Waals surface area contributed by atoms with Gasteiger partial charge in [-0.25, -0.2) is 26.7 Å². The molecule has 1 aliphatic heterocycles. The van der Waals surface area contributed by atoms with Crippen molar-refractivity contribution in [3.63, 3.8) is 0 Å². The monoisotopic (exact) mass is 436 g/mol. The van der Waals surface area contributed by atoms with E-state index in [1.807, 2.05) is 0 Å². The molecule has 1 unspecified atom stereocenters. The average molecular weight is 436 g/mol. The molecule has 29 heavy (non-hydrogen) atoms. The highest BCUT2D eigenvalue weighted by Gasteiger charge is 2.26. The zero-order chi connectivity index (χ0) is 21.7. The first-order chi connectivity index (χ1) is 13.5. The molecule has 9 nitrogen and oxygen atoms in total. The van der Waals surface area contributed by atoms with Crippen LogP contribution in [0.2, 0.25) is 0 Å². The molecule has 0 aromatic carbocycles. The van der Waals surface area contributed by atoms with E-state index in [0.29, 0.717) is 31.5 Å². The normalized spacial score (nSPS) is 16.2. The van der Waals surface area contributed by atoms with Crippen LogP contribution in [0.15, 0.2) is 12.3 Å². The van der Waals surface area contributed by atoms with Gasteiger partial charge >= 0.3 is 6.03 Å². The predicted octanol–water partition coefficient (Wildman–Crippen LogP) is 1.75. The number of unbranched alkanes of at least 4 members (excludes halogenated alkanes) is 2. The number of hydrogen-bond donors (Lipinski definition) is 3. The standard InChI is InChI=1S/C17H26F2N4O5S/c1-12(14-8-13(9-20-14)28-11-17(2,18)19)22-29(26,27)7-5-3-4-6-23-10-15(24)21-16(23)25/h8-9,12,20,22H,3-7,10-11H2,1-2H3,(H,21,24,25). The SMILES string of the molecule is CC(NS(=O)(=O)CCCCCN1CC(=O)NC1=O)c1cc(OCC(C)(F)F)c[nH]1. The van der Waals surface area contributed by atoms with E-state index in [2.05, 4.69) is 15.0 Å². The topological polar surface area (TPSA) is 121 Å². The summed E-state index contributed by atoms with van der Waals surface area (Å²) in [6, 6.07) is 0.468. The number of carbonyl (C=O) groups excluding carboxylic acids is 2. The minimum atomic E-state index is -3.55. The van der Waals surface area contributed by atoms with Crippen LogP contribution >= 0.6 is 0 Å². The number of nitrogens with zero attached hydrogens (tertiary/aromatic N) is 1. The molecule has 0 bridgehead atoms. The van der Waals surface area contributed by atoms with Gasteiger partial charge in [0.15, 0.2) is 6.61 Å². The Labute approximate surface area is 168 Å². The van der Waals surface area contributed by atoms with Gasteiger partial charge in [0, 0.05) is 31.4 Å². The summed E-state index contributed by atoms with van der Waals surface area (Å²) in [5, 5.41) is 2.18. The van der Waals surface area contributed by atoms with Crippen LogP contribution in [0.3, 0.4) is 0 Å². The van der Waals surface area contributed by atoms with Crippen LogP contribution in [-0.4, -0.2) is 61.6 Å². The van der Waals surface area contributed by atoms with Gasteiger partial charge in [-0.1, -0.05) is 6.42 Å². The maximum Gasteiger partial charge on any atom is 0.324 e. The number of aromatic nitrogens is 1. The van der Waals surface area contributed by atoms with Gasteiger partial charge in [0.2, 0.25) is 15.9 Å². The number of imide groups is 1. The highest BCUT2D eigenvalue weighted by molar-refractivity contribution is 7.89. The van der Waals surface area contributed by atoms with Gasteiger partial charge in [-0.05, 0) is 19.8 Å². The second kappa shape index (κ2) is 9.53. The molecule has 3 N–H and O–H groups in total. The van der Waals surface area contributed by atoms with Gasteiger partial charge < -0.3 is 14.6 Å². The van der Waals surface area contributed by atoms with Crippen LogP contribution < -0.4 is 14.8 Å². The van der Waals surface area contributed by atoms with Crippen molar-refractivity contribution in [2.45, 2.75) is 45.1 Å². The Hall–Kier alpha value is -2.21. The Morgan fingerprint density at radius 1 is 1.31 bits per heavy atom. The van der Waals surface area contributed by atoms with Crippen LogP contribution in [-0.2, 0) is 14.8 Å². The number of amides is 3. The van der Waals surface area contributed by atoms with Crippen LogP contribution in [0, 0.1) is 0 Å². The van der Waals surface area contributed by atoms with Gasteiger partial charge in [0.05, 0.1) is 11.8 Å². The number of hydrogen-bond acceptors (Lipinski definition) is 5. The summed E-state index contributed by atoms with van der Waals surface area (Å²) in [6.45, 7) is 2.04. The fraction of sp³-hybridized carbons (Fsp3) is 0.647. The largest absolute Gasteiger partial charge is 0.486 e. The highest BCUT2D eigenvalue weighted by atomic mass is 32.2. The highest BCUT2D eigenvalue weighted by Crippen LogP contribution is 2.21. The third-order valence-corrected chi connectivity index (χ3v) is 5.74. The fourth-order valence-electron chi connectivity index (χ4n) is 2.76. The number of aromatic amines is 1. The first-order valence-corrected chi connectivity index (χ1v) is 10.9. The second-order valence-electron chi connectivity index (χ2n) is 7.14. The summed E-state index contributed by atoms with van der Waals surface area (Å²) in [7, 11) is -3.55. The molecule has 2 heterocycles. The quantitative estimate of drug-likeness (QED) is 0.341. The molecule has 2 rings (SSSR count). The smallest absolute Gasteiger partial charge is 0.324 e. The van der Waals surface area contributed by atoms with Gasteiger partial charge in [-0.3, -0.25) is 10.1 Å². The number of halogens is 2. The second-order valence-corrected chi connectivity index (χ2v) is 9.02. The zero-order valence-electron chi connectivity index (χ0n) is 16.3. The summed E-state index contributed by atoms with van der Waals surface area (Å²) in [5.74, 6) is -3.18. The number of carbonyl (C=O) groups is 2. The molecule has 12 heteroatoms. The molecular formula is C17H26F2N4O5S. The maximum atomic E-state index is 12.8. The van der Waals surface area contributed by atoms with Crippen LogP contribution in [0.25, 0.3) is 0 Å². The van der Waals surface area contributed by atoms with Crippen molar-refractivity contribution in [3.05, 3.63) is 18.0 Å². The van der Waals surface area contributed by atoms with Gasteiger partial charge in [0.25, 0.3) is 5.92 Å². The number of H-pyrrole nitrogens is 1. The van der Waals surface area contributed by atoms with Crippen LogP contribution in [0.1, 0.15) is 44.8 Å². The van der Waals surface area contributed by atoms with Crippen molar-refractivity contribution in [3.8, 4) is 5.75 Å². The number of nitrogens with one attached hydrogen (secondary N) is 3. The molecule has 164 valence electrons. The van der Waals surface area contributed by atoms with Gasteiger partial charge in [-0.2, -0.15) is 0 Å². The minimum absolute atomic E-state index is 0.0357. The molecule has 3 amide bonds. The van der Waals surface area contributed by atoms with Gasteiger partial charge in [-0.15, -0.1) is 0 Å². The Morgan fingerprint density at radius 3 is 2.66 bits per heavy atom. The van der Waals surface area contributed by atoms with E-state index in [1.54, 1.807) is 6.92 Å². The average Bonchev–Trinajstić information content (AvgIpc) is 3.18. The molecule has 0 saturated carbocycles. The molecule has 1 fully saturated rings.